The van der Waals surface area contributed by atoms with Crippen molar-refractivity contribution >= 4 is 22.5 Å². The molecule has 5 nitrogen and oxygen atoms in total. The Bertz CT molecular complexity index is 963. The van der Waals surface area contributed by atoms with Crippen LogP contribution in [0.4, 0.5) is 0 Å². The summed E-state index contributed by atoms with van der Waals surface area (Å²) >= 11 is 6.06. The predicted octanol–water partition coefficient (Wildman–Crippen LogP) is 3.28. The van der Waals surface area contributed by atoms with E-state index in [4.69, 9.17) is 16.3 Å². The lowest BCUT2D eigenvalue weighted by atomic mass is 9.74. The molecule has 2 N–H and O–H groups in total. The largest absolute Gasteiger partial charge is 0.493 e. The summed E-state index contributed by atoms with van der Waals surface area (Å²) in [6.07, 6.45) is 3.41. The van der Waals surface area contributed by atoms with Gasteiger partial charge in [0.1, 0.15) is 5.75 Å². The lowest BCUT2D eigenvalue weighted by molar-refractivity contribution is 0.176. The number of ether oxygens (including phenoxy) is 1. The average molecular weight is 370 g/mol. The summed E-state index contributed by atoms with van der Waals surface area (Å²) < 4.78 is 6.17. The number of aromatic nitrogens is 2. The van der Waals surface area contributed by atoms with Gasteiger partial charge in [0.05, 0.1) is 23.8 Å². The SMILES string of the molecule is O=c1[nH]cnc2cc(OCC3(c4ccc(Cl)cc4)CCNCC3)ccc12. The Morgan fingerprint density at radius 2 is 1.88 bits per heavy atom. The monoisotopic (exact) mass is 369 g/mol. The molecule has 1 aromatic heterocycles. The summed E-state index contributed by atoms with van der Waals surface area (Å²) in [6, 6.07) is 13.5. The van der Waals surface area contributed by atoms with Crippen molar-refractivity contribution in [2.75, 3.05) is 19.7 Å². The van der Waals surface area contributed by atoms with Gasteiger partial charge < -0.3 is 15.0 Å². The van der Waals surface area contributed by atoms with Crippen molar-refractivity contribution in [3.8, 4) is 5.75 Å². The van der Waals surface area contributed by atoms with E-state index in [0.29, 0.717) is 17.5 Å². The number of nitrogens with zero attached hydrogens (tertiary/aromatic N) is 1. The van der Waals surface area contributed by atoms with E-state index in [9.17, 15) is 4.79 Å². The first-order valence-corrected chi connectivity index (χ1v) is 9.11. The third kappa shape index (κ3) is 3.32. The van der Waals surface area contributed by atoms with Crippen LogP contribution in [0.1, 0.15) is 18.4 Å². The summed E-state index contributed by atoms with van der Waals surface area (Å²) in [5.74, 6) is 0.725. The number of aromatic amines is 1. The molecule has 134 valence electrons. The van der Waals surface area contributed by atoms with Crippen molar-refractivity contribution < 1.29 is 4.74 Å². The lowest BCUT2D eigenvalue weighted by Gasteiger charge is -2.38. The maximum atomic E-state index is 11.8. The zero-order valence-electron chi connectivity index (χ0n) is 14.3. The fourth-order valence-corrected chi connectivity index (χ4v) is 3.71. The van der Waals surface area contributed by atoms with E-state index in [1.165, 1.54) is 11.9 Å². The zero-order valence-corrected chi connectivity index (χ0v) is 15.1. The number of nitrogens with one attached hydrogen (secondary N) is 2. The Morgan fingerprint density at radius 1 is 1.12 bits per heavy atom. The molecule has 3 aromatic rings. The van der Waals surface area contributed by atoms with E-state index in [0.717, 1.165) is 36.7 Å². The van der Waals surface area contributed by atoms with Crippen molar-refractivity contribution in [2.45, 2.75) is 18.3 Å². The Balaban J connectivity index is 1.60. The van der Waals surface area contributed by atoms with E-state index in [1.54, 1.807) is 6.07 Å². The van der Waals surface area contributed by atoms with Gasteiger partial charge >= 0.3 is 0 Å². The highest BCUT2D eigenvalue weighted by Gasteiger charge is 2.34. The van der Waals surface area contributed by atoms with Crippen LogP contribution in [-0.4, -0.2) is 29.7 Å². The molecule has 26 heavy (non-hydrogen) atoms. The van der Waals surface area contributed by atoms with Crippen LogP contribution in [-0.2, 0) is 5.41 Å². The smallest absolute Gasteiger partial charge is 0.258 e. The maximum Gasteiger partial charge on any atom is 0.258 e. The molecule has 0 aliphatic carbocycles. The molecule has 2 heterocycles. The second kappa shape index (κ2) is 7.09. The Hall–Kier alpha value is -2.37. The van der Waals surface area contributed by atoms with Crippen molar-refractivity contribution in [1.29, 1.82) is 0 Å². The highest BCUT2D eigenvalue weighted by Crippen LogP contribution is 2.35. The van der Waals surface area contributed by atoms with Gasteiger partial charge in [-0.15, -0.1) is 0 Å². The Morgan fingerprint density at radius 3 is 2.65 bits per heavy atom. The molecular weight excluding hydrogens is 350 g/mol. The van der Waals surface area contributed by atoms with Gasteiger partial charge in [0.15, 0.2) is 0 Å². The normalized spacial score (nSPS) is 16.5. The van der Waals surface area contributed by atoms with E-state index in [-0.39, 0.29) is 11.0 Å². The summed E-state index contributed by atoms with van der Waals surface area (Å²) in [4.78, 5) is 18.6. The summed E-state index contributed by atoms with van der Waals surface area (Å²) in [6.45, 7) is 2.49. The highest BCUT2D eigenvalue weighted by molar-refractivity contribution is 6.30. The van der Waals surface area contributed by atoms with Crippen molar-refractivity contribution in [3.05, 3.63) is 69.7 Å². The number of hydrogen-bond donors (Lipinski definition) is 2. The zero-order chi connectivity index (χ0) is 18.0. The van der Waals surface area contributed by atoms with Gasteiger partial charge in [-0.3, -0.25) is 4.79 Å². The van der Waals surface area contributed by atoms with Gasteiger partial charge in [-0.2, -0.15) is 0 Å². The second-order valence-corrected chi connectivity index (χ2v) is 7.17. The van der Waals surface area contributed by atoms with Gasteiger partial charge in [0.2, 0.25) is 0 Å². The number of halogens is 1. The van der Waals surface area contributed by atoms with Gasteiger partial charge in [-0.05, 0) is 55.8 Å². The molecule has 4 rings (SSSR count). The van der Waals surface area contributed by atoms with Crippen LogP contribution in [0, 0.1) is 0 Å². The second-order valence-electron chi connectivity index (χ2n) is 6.74. The molecule has 0 amide bonds. The first-order chi connectivity index (χ1) is 12.7. The number of benzene rings is 2. The minimum atomic E-state index is -0.141. The van der Waals surface area contributed by atoms with Gasteiger partial charge in [-0.1, -0.05) is 23.7 Å². The van der Waals surface area contributed by atoms with Gasteiger partial charge in [0, 0.05) is 16.5 Å². The third-order valence-electron chi connectivity index (χ3n) is 5.15. The number of piperidine rings is 1. The molecule has 0 bridgehead atoms. The van der Waals surface area contributed by atoms with E-state index in [2.05, 4.69) is 27.4 Å². The summed E-state index contributed by atoms with van der Waals surface area (Å²) in [5.41, 5.74) is 1.69. The molecule has 0 radical (unpaired) electrons. The molecule has 0 spiro atoms. The molecule has 1 fully saturated rings. The van der Waals surface area contributed by atoms with Crippen LogP contribution in [0.5, 0.6) is 5.75 Å². The van der Waals surface area contributed by atoms with Crippen LogP contribution < -0.4 is 15.6 Å². The van der Waals surface area contributed by atoms with Crippen LogP contribution in [0.15, 0.2) is 53.6 Å². The van der Waals surface area contributed by atoms with Crippen molar-refractivity contribution in [3.63, 3.8) is 0 Å². The van der Waals surface area contributed by atoms with Crippen molar-refractivity contribution in [1.82, 2.24) is 15.3 Å². The molecule has 1 aliphatic heterocycles. The van der Waals surface area contributed by atoms with E-state index in [1.807, 2.05) is 24.3 Å². The average Bonchev–Trinajstić information content (AvgIpc) is 2.68. The fourth-order valence-electron chi connectivity index (χ4n) is 3.58. The van der Waals surface area contributed by atoms with E-state index >= 15 is 0 Å². The van der Waals surface area contributed by atoms with Gasteiger partial charge in [-0.25, -0.2) is 4.98 Å². The summed E-state index contributed by atoms with van der Waals surface area (Å²) in [5, 5.41) is 4.72. The molecular formula is C20H20ClN3O2. The maximum absolute atomic E-state index is 11.8. The number of fused-ring (bicyclic) bond motifs is 1. The molecule has 1 saturated heterocycles. The molecule has 2 aromatic carbocycles. The summed E-state index contributed by atoms with van der Waals surface area (Å²) in [7, 11) is 0. The standard InChI is InChI=1S/C20H20ClN3O2/c21-15-3-1-14(2-4-15)20(7-9-22-10-8-20)12-26-16-5-6-17-18(11-16)23-13-24-19(17)25/h1-6,11,13,22H,7-10,12H2,(H,23,24,25). The number of H-pyrrole nitrogens is 1. The minimum Gasteiger partial charge on any atom is -0.493 e. The molecule has 0 atom stereocenters. The number of hydrogen-bond acceptors (Lipinski definition) is 4. The van der Waals surface area contributed by atoms with E-state index < -0.39 is 0 Å². The highest BCUT2D eigenvalue weighted by atomic mass is 35.5. The first-order valence-electron chi connectivity index (χ1n) is 8.73. The van der Waals surface area contributed by atoms with Crippen molar-refractivity contribution in [2.24, 2.45) is 0 Å². The predicted molar refractivity (Wildman–Crippen MR) is 103 cm³/mol. The van der Waals surface area contributed by atoms with Crippen LogP contribution in [0.2, 0.25) is 5.02 Å². The van der Waals surface area contributed by atoms with Crippen LogP contribution in [0.3, 0.4) is 0 Å². The third-order valence-corrected chi connectivity index (χ3v) is 5.40. The Kier molecular flexibility index (Phi) is 4.66. The topological polar surface area (TPSA) is 67.0 Å². The minimum absolute atomic E-state index is 0.0492. The Labute approximate surface area is 156 Å². The molecule has 1 aliphatic rings. The molecule has 0 saturated carbocycles. The van der Waals surface area contributed by atoms with Crippen LogP contribution >= 0.6 is 11.6 Å². The first kappa shape index (κ1) is 17.1. The van der Waals surface area contributed by atoms with Gasteiger partial charge in [0.25, 0.3) is 5.56 Å². The molecule has 0 unspecified atom stereocenters. The quantitative estimate of drug-likeness (QED) is 0.740. The van der Waals surface area contributed by atoms with Crippen LogP contribution in [0.25, 0.3) is 10.9 Å². The number of rotatable bonds is 4. The fraction of sp³-hybridized carbons (Fsp3) is 0.300. The molecule has 6 heteroatoms. The lowest BCUT2D eigenvalue weighted by Crippen LogP contribution is -2.43.